The molecule has 2 aliphatic heterocycles. The first kappa shape index (κ1) is 11.0. The maximum atomic E-state index is 12.6. The van der Waals surface area contributed by atoms with Crippen LogP contribution in [-0.2, 0) is 11.3 Å². The molecule has 0 radical (unpaired) electrons. The molecule has 0 bridgehead atoms. The molecule has 0 aromatic carbocycles. The standard InChI is InChI=1S/C13H16N2O4/c1-8-4-6-19-10-7-14-5-3-9(16)12(18-2)11(14)13(17)15(8)10/h3,5,8,10H,4,6-7H2,1-2H3/i3D. The van der Waals surface area contributed by atoms with Crippen LogP contribution in [0.5, 0.6) is 5.75 Å². The quantitative estimate of drug-likeness (QED) is 0.739. The van der Waals surface area contributed by atoms with Crippen molar-refractivity contribution in [2.45, 2.75) is 32.2 Å². The Balaban J connectivity index is 2.18. The second-order valence-corrected chi connectivity index (χ2v) is 4.81. The van der Waals surface area contributed by atoms with E-state index in [2.05, 4.69) is 0 Å². The van der Waals surface area contributed by atoms with Gasteiger partial charge in [-0.1, -0.05) is 0 Å². The molecule has 1 amide bonds. The normalized spacial score (nSPS) is 26.5. The van der Waals surface area contributed by atoms with E-state index in [1.165, 1.54) is 13.3 Å². The molecule has 6 nitrogen and oxygen atoms in total. The van der Waals surface area contributed by atoms with Gasteiger partial charge in [-0.05, 0) is 13.3 Å². The first-order chi connectivity index (χ1) is 9.54. The van der Waals surface area contributed by atoms with Crippen molar-refractivity contribution in [2.24, 2.45) is 0 Å². The topological polar surface area (TPSA) is 60.8 Å². The van der Waals surface area contributed by atoms with Crippen molar-refractivity contribution in [2.75, 3.05) is 13.7 Å². The Hall–Kier alpha value is -1.82. The third-order valence-electron chi connectivity index (χ3n) is 3.69. The van der Waals surface area contributed by atoms with Crippen molar-refractivity contribution in [3.63, 3.8) is 0 Å². The number of pyridine rings is 1. The Kier molecular flexibility index (Phi) is 2.55. The van der Waals surface area contributed by atoms with Crippen molar-refractivity contribution >= 4 is 5.91 Å². The molecular formula is C13H16N2O4. The fourth-order valence-corrected chi connectivity index (χ4v) is 2.70. The summed E-state index contributed by atoms with van der Waals surface area (Å²) in [7, 11) is 1.34. The van der Waals surface area contributed by atoms with E-state index in [0.717, 1.165) is 6.42 Å². The van der Waals surface area contributed by atoms with E-state index >= 15 is 0 Å². The zero-order valence-electron chi connectivity index (χ0n) is 11.9. The molecule has 1 aromatic heterocycles. The summed E-state index contributed by atoms with van der Waals surface area (Å²) in [4.78, 5) is 26.2. The number of fused-ring (bicyclic) bond motifs is 2. The summed E-state index contributed by atoms with van der Waals surface area (Å²) < 4.78 is 19.9. The summed E-state index contributed by atoms with van der Waals surface area (Å²) in [5.74, 6) is -0.332. The van der Waals surface area contributed by atoms with Crippen LogP contribution in [0, 0.1) is 0 Å². The molecule has 0 saturated carbocycles. The number of methoxy groups -OCH3 is 1. The van der Waals surface area contributed by atoms with Gasteiger partial charge in [0.1, 0.15) is 0 Å². The van der Waals surface area contributed by atoms with Crippen molar-refractivity contribution in [3.05, 3.63) is 28.2 Å². The number of aromatic nitrogens is 1. The average Bonchev–Trinajstić information content (AvgIpc) is 2.41. The van der Waals surface area contributed by atoms with E-state index in [1.807, 2.05) is 6.92 Å². The van der Waals surface area contributed by atoms with Crippen molar-refractivity contribution in [3.8, 4) is 5.75 Å². The highest BCUT2D eigenvalue weighted by Crippen LogP contribution is 2.28. The van der Waals surface area contributed by atoms with Crippen LogP contribution in [-0.4, -0.2) is 41.4 Å². The van der Waals surface area contributed by atoms with Crippen LogP contribution in [0.25, 0.3) is 0 Å². The van der Waals surface area contributed by atoms with E-state index in [9.17, 15) is 9.59 Å². The molecule has 3 heterocycles. The molecule has 6 heteroatoms. The SMILES string of the molecule is [2H]c1cn2c(c(OC)c1=O)C(=O)N1C(C)CCOC1C2. The Labute approximate surface area is 111 Å². The summed E-state index contributed by atoms with van der Waals surface area (Å²) in [6, 6.07) is -0.124. The van der Waals surface area contributed by atoms with E-state index in [4.69, 9.17) is 10.8 Å². The third-order valence-corrected chi connectivity index (χ3v) is 3.69. The van der Waals surface area contributed by atoms with E-state index in [-0.39, 0.29) is 35.7 Å². The van der Waals surface area contributed by atoms with Crippen LogP contribution in [0.4, 0.5) is 0 Å². The summed E-state index contributed by atoms with van der Waals surface area (Å²) in [6.07, 6.45) is 1.80. The van der Waals surface area contributed by atoms with Gasteiger partial charge in [0, 0.05) is 18.3 Å². The number of hydrogen-bond acceptors (Lipinski definition) is 4. The third kappa shape index (κ3) is 1.74. The zero-order chi connectivity index (χ0) is 14.4. The Morgan fingerprint density at radius 1 is 1.53 bits per heavy atom. The lowest BCUT2D eigenvalue weighted by Crippen LogP contribution is -2.56. The first-order valence-electron chi connectivity index (χ1n) is 6.77. The van der Waals surface area contributed by atoms with Gasteiger partial charge in [-0.3, -0.25) is 9.59 Å². The second kappa shape index (κ2) is 4.38. The maximum absolute atomic E-state index is 12.6. The van der Waals surface area contributed by atoms with Crippen LogP contribution in [0.3, 0.4) is 0 Å². The number of carbonyl (C=O) groups excluding carboxylic acids is 1. The number of nitrogens with zero attached hydrogens (tertiary/aromatic N) is 2. The minimum absolute atomic E-state index is 0.0567. The van der Waals surface area contributed by atoms with Gasteiger partial charge in [0.25, 0.3) is 5.91 Å². The first-order valence-corrected chi connectivity index (χ1v) is 6.27. The Morgan fingerprint density at radius 3 is 3.05 bits per heavy atom. The number of carbonyl (C=O) groups is 1. The van der Waals surface area contributed by atoms with Gasteiger partial charge in [0.05, 0.1) is 21.6 Å². The summed E-state index contributed by atoms with van der Waals surface area (Å²) >= 11 is 0. The van der Waals surface area contributed by atoms with Gasteiger partial charge >= 0.3 is 0 Å². The number of ether oxygens (including phenoxy) is 2. The largest absolute Gasteiger partial charge is 0.491 e. The minimum atomic E-state index is -0.559. The molecule has 2 unspecified atom stereocenters. The highest BCUT2D eigenvalue weighted by Gasteiger charge is 2.40. The lowest BCUT2D eigenvalue weighted by Gasteiger charge is -2.44. The summed E-state index contributed by atoms with van der Waals surface area (Å²) in [5, 5.41) is 0. The fourth-order valence-electron chi connectivity index (χ4n) is 2.70. The molecule has 2 atom stereocenters. The molecule has 2 aliphatic rings. The van der Waals surface area contributed by atoms with Crippen LogP contribution < -0.4 is 10.2 Å². The molecule has 19 heavy (non-hydrogen) atoms. The van der Waals surface area contributed by atoms with E-state index in [1.54, 1.807) is 9.47 Å². The molecule has 1 aromatic rings. The predicted octanol–water partition coefficient (Wildman–Crippen LogP) is 0.448. The van der Waals surface area contributed by atoms with Crippen LogP contribution >= 0.6 is 0 Å². The predicted molar refractivity (Wildman–Crippen MR) is 67.2 cm³/mol. The lowest BCUT2D eigenvalue weighted by atomic mass is 10.1. The Bertz CT molecular complexity index is 628. The van der Waals surface area contributed by atoms with Gasteiger partial charge in [-0.25, -0.2) is 0 Å². The van der Waals surface area contributed by atoms with Gasteiger partial charge in [-0.2, -0.15) is 0 Å². The van der Waals surface area contributed by atoms with Gasteiger partial charge < -0.3 is 18.9 Å². The molecular weight excluding hydrogens is 248 g/mol. The molecule has 1 saturated heterocycles. The summed E-state index contributed by atoms with van der Waals surface area (Å²) in [6.45, 7) is 2.98. The van der Waals surface area contributed by atoms with Gasteiger partial charge in [0.2, 0.25) is 5.43 Å². The van der Waals surface area contributed by atoms with Crippen LogP contribution in [0.15, 0.2) is 17.0 Å². The molecule has 0 spiro atoms. The molecule has 3 rings (SSSR count). The number of amides is 1. The lowest BCUT2D eigenvalue weighted by molar-refractivity contribution is -0.112. The molecule has 0 N–H and O–H groups in total. The number of rotatable bonds is 1. The molecule has 0 aliphatic carbocycles. The number of hydrogen-bond donors (Lipinski definition) is 0. The van der Waals surface area contributed by atoms with Crippen molar-refractivity contribution in [1.29, 1.82) is 0 Å². The van der Waals surface area contributed by atoms with Gasteiger partial charge in [0.15, 0.2) is 17.7 Å². The summed E-state index contributed by atoms with van der Waals surface area (Å²) in [5.41, 5.74) is -0.349. The molecule has 1 fully saturated rings. The maximum Gasteiger partial charge on any atom is 0.276 e. The van der Waals surface area contributed by atoms with Gasteiger partial charge in [-0.15, -0.1) is 0 Å². The minimum Gasteiger partial charge on any atom is -0.491 e. The van der Waals surface area contributed by atoms with Crippen molar-refractivity contribution < 1.29 is 15.6 Å². The van der Waals surface area contributed by atoms with Crippen LogP contribution in [0.1, 0.15) is 25.2 Å². The zero-order valence-corrected chi connectivity index (χ0v) is 10.9. The highest BCUT2D eigenvalue weighted by atomic mass is 16.5. The van der Waals surface area contributed by atoms with E-state index in [0.29, 0.717) is 13.2 Å². The smallest absolute Gasteiger partial charge is 0.276 e. The second-order valence-electron chi connectivity index (χ2n) is 4.81. The molecule has 102 valence electrons. The Morgan fingerprint density at radius 2 is 2.32 bits per heavy atom. The average molecular weight is 265 g/mol. The van der Waals surface area contributed by atoms with Crippen molar-refractivity contribution in [1.82, 2.24) is 9.47 Å². The monoisotopic (exact) mass is 265 g/mol. The fraction of sp³-hybridized carbons (Fsp3) is 0.538. The van der Waals surface area contributed by atoms with Crippen LogP contribution in [0.2, 0.25) is 0 Å². The highest BCUT2D eigenvalue weighted by molar-refractivity contribution is 5.96. The van der Waals surface area contributed by atoms with E-state index < -0.39 is 5.43 Å².